The Morgan fingerprint density at radius 2 is 1.75 bits per heavy atom. The van der Waals surface area contributed by atoms with Crippen LogP contribution in [-0.4, -0.2) is 22.8 Å². The van der Waals surface area contributed by atoms with E-state index >= 15 is 0 Å². The Kier molecular flexibility index (Phi) is 6.41. The van der Waals surface area contributed by atoms with Gasteiger partial charge in [-0.25, -0.2) is 4.98 Å². The second kappa shape index (κ2) is 8.97. The smallest absolute Gasteiger partial charge is 0.224 e. The van der Waals surface area contributed by atoms with Crippen LogP contribution in [-0.2, 0) is 9.59 Å². The van der Waals surface area contributed by atoms with Crippen LogP contribution in [0.4, 0.5) is 5.69 Å². The maximum atomic E-state index is 12.1. The van der Waals surface area contributed by atoms with Crippen LogP contribution in [0.2, 0.25) is 0 Å². The summed E-state index contributed by atoms with van der Waals surface area (Å²) in [6.07, 6.45) is 1.22. The lowest BCUT2D eigenvalue weighted by atomic mass is 10.2. The van der Waals surface area contributed by atoms with Gasteiger partial charge >= 0.3 is 0 Å². The number of nitrogens with one attached hydrogen (secondary N) is 2. The number of rotatable bonds is 7. The van der Waals surface area contributed by atoms with Crippen LogP contribution in [0.3, 0.4) is 0 Å². The van der Waals surface area contributed by atoms with Gasteiger partial charge in [0, 0.05) is 30.1 Å². The third-order valence-electron chi connectivity index (χ3n) is 4.22. The van der Waals surface area contributed by atoms with Gasteiger partial charge in [0.2, 0.25) is 11.8 Å². The van der Waals surface area contributed by atoms with Gasteiger partial charge in [0.15, 0.2) is 0 Å². The minimum Gasteiger partial charge on any atom is -0.354 e. The van der Waals surface area contributed by atoms with Gasteiger partial charge in [-0.1, -0.05) is 6.07 Å². The van der Waals surface area contributed by atoms with Crippen LogP contribution in [0, 0.1) is 6.92 Å². The van der Waals surface area contributed by atoms with E-state index in [2.05, 4.69) is 34.7 Å². The van der Waals surface area contributed by atoms with E-state index in [1.807, 2.05) is 44.2 Å². The Bertz CT molecular complexity index is 977. The highest BCUT2D eigenvalue weighted by molar-refractivity contribution is 7.21. The predicted molar refractivity (Wildman–Crippen MR) is 116 cm³/mol. The second-order valence-corrected chi connectivity index (χ2v) is 8.22. The zero-order chi connectivity index (χ0) is 20.1. The Hall–Kier alpha value is -2.73. The lowest BCUT2D eigenvalue weighted by Crippen LogP contribution is -2.29. The molecule has 6 heteroatoms. The van der Waals surface area contributed by atoms with Crippen molar-refractivity contribution >= 4 is 39.1 Å². The van der Waals surface area contributed by atoms with Crippen molar-refractivity contribution in [1.82, 2.24) is 10.3 Å². The van der Waals surface area contributed by atoms with Gasteiger partial charge in [0.05, 0.1) is 10.2 Å². The number of aromatic nitrogens is 1. The molecule has 3 rings (SSSR count). The molecule has 3 aromatic rings. The minimum atomic E-state index is -0.0828. The monoisotopic (exact) mass is 395 g/mol. The number of hydrogen-bond acceptors (Lipinski definition) is 4. The number of hydrogen-bond donors (Lipinski definition) is 2. The summed E-state index contributed by atoms with van der Waals surface area (Å²) in [7, 11) is 0. The number of fused-ring (bicyclic) bond motifs is 1. The maximum absolute atomic E-state index is 12.1. The third kappa shape index (κ3) is 5.39. The number of anilines is 1. The van der Waals surface area contributed by atoms with Crippen LogP contribution in [0.25, 0.3) is 20.8 Å². The molecule has 0 aliphatic heterocycles. The first-order valence-corrected chi connectivity index (χ1v) is 10.3. The summed E-state index contributed by atoms with van der Waals surface area (Å²) in [5.41, 5.74) is 4.01. The SMILES string of the molecule is Cc1ccc2nc(-c3ccc(NC(=O)CCCC(=O)NC(C)C)cc3)sc2c1. The summed E-state index contributed by atoms with van der Waals surface area (Å²) in [6.45, 7) is 5.92. The van der Waals surface area contributed by atoms with Crippen molar-refractivity contribution in [2.75, 3.05) is 5.32 Å². The second-order valence-electron chi connectivity index (χ2n) is 7.19. The maximum Gasteiger partial charge on any atom is 0.224 e. The van der Waals surface area contributed by atoms with Gasteiger partial charge < -0.3 is 10.6 Å². The third-order valence-corrected chi connectivity index (χ3v) is 5.28. The molecule has 0 aliphatic carbocycles. The molecule has 2 amide bonds. The fourth-order valence-corrected chi connectivity index (χ4v) is 3.95. The molecule has 0 fully saturated rings. The minimum absolute atomic E-state index is 0.0156. The van der Waals surface area contributed by atoms with Crippen LogP contribution >= 0.6 is 11.3 Å². The largest absolute Gasteiger partial charge is 0.354 e. The molecule has 2 aromatic carbocycles. The topological polar surface area (TPSA) is 71.1 Å². The van der Waals surface area contributed by atoms with Crippen molar-refractivity contribution in [3.63, 3.8) is 0 Å². The van der Waals surface area contributed by atoms with Crippen molar-refractivity contribution < 1.29 is 9.59 Å². The molecule has 0 unspecified atom stereocenters. The van der Waals surface area contributed by atoms with Crippen molar-refractivity contribution in [3.8, 4) is 10.6 Å². The number of nitrogens with zero attached hydrogens (tertiary/aromatic N) is 1. The molecule has 0 bridgehead atoms. The molecule has 146 valence electrons. The predicted octanol–water partition coefficient (Wildman–Crippen LogP) is 4.91. The van der Waals surface area contributed by atoms with E-state index in [9.17, 15) is 9.59 Å². The molecule has 0 saturated heterocycles. The average molecular weight is 396 g/mol. The molecule has 0 atom stereocenters. The first-order chi connectivity index (χ1) is 13.4. The van der Waals surface area contributed by atoms with Crippen molar-refractivity contribution in [2.45, 2.75) is 46.1 Å². The van der Waals surface area contributed by atoms with Gasteiger partial charge in [0.1, 0.15) is 5.01 Å². The number of carbonyl (C=O) groups excluding carboxylic acids is 2. The van der Waals surface area contributed by atoms with Crippen LogP contribution in [0.15, 0.2) is 42.5 Å². The van der Waals surface area contributed by atoms with E-state index < -0.39 is 0 Å². The standard InChI is InChI=1S/C22H25N3O2S/c1-14(2)23-20(26)5-4-6-21(27)24-17-10-8-16(9-11-17)22-25-18-12-7-15(3)13-19(18)28-22/h7-14H,4-6H2,1-3H3,(H,23,26)(H,24,27). The molecular formula is C22H25N3O2S. The fourth-order valence-electron chi connectivity index (χ4n) is 2.88. The van der Waals surface area contributed by atoms with Gasteiger partial charge in [0.25, 0.3) is 0 Å². The number of carbonyl (C=O) groups is 2. The average Bonchev–Trinajstić information content (AvgIpc) is 3.04. The normalized spacial score (nSPS) is 11.0. The van der Waals surface area contributed by atoms with Crippen molar-refractivity contribution in [1.29, 1.82) is 0 Å². The molecule has 0 spiro atoms. The highest BCUT2D eigenvalue weighted by Gasteiger charge is 2.09. The first kappa shape index (κ1) is 20.0. The lowest BCUT2D eigenvalue weighted by Gasteiger charge is -2.08. The Balaban J connectivity index is 1.55. The van der Waals surface area contributed by atoms with Crippen molar-refractivity contribution in [2.24, 2.45) is 0 Å². The van der Waals surface area contributed by atoms with E-state index in [-0.39, 0.29) is 17.9 Å². The van der Waals surface area contributed by atoms with E-state index in [0.29, 0.717) is 19.3 Å². The molecule has 0 aliphatic rings. The Morgan fingerprint density at radius 1 is 1.04 bits per heavy atom. The van der Waals surface area contributed by atoms with Crippen molar-refractivity contribution in [3.05, 3.63) is 48.0 Å². The molecule has 5 nitrogen and oxygen atoms in total. The van der Waals surface area contributed by atoms with Crippen LogP contribution < -0.4 is 10.6 Å². The molecule has 1 heterocycles. The van der Waals surface area contributed by atoms with Gasteiger partial charge in [-0.3, -0.25) is 9.59 Å². The zero-order valence-corrected chi connectivity index (χ0v) is 17.2. The van der Waals surface area contributed by atoms with E-state index in [4.69, 9.17) is 0 Å². The highest BCUT2D eigenvalue weighted by atomic mass is 32.1. The van der Waals surface area contributed by atoms with Gasteiger partial charge in [-0.05, 0) is 69.2 Å². The number of aryl methyl sites for hydroxylation is 1. The molecule has 2 N–H and O–H groups in total. The summed E-state index contributed by atoms with van der Waals surface area (Å²) in [4.78, 5) is 28.4. The zero-order valence-electron chi connectivity index (χ0n) is 16.4. The van der Waals surface area contributed by atoms with Gasteiger partial charge in [-0.2, -0.15) is 0 Å². The first-order valence-electron chi connectivity index (χ1n) is 9.47. The molecule has 1 aromatic heterocycles. The summed E-state index contributed by atoms with van der Waals surface area (Å²) in [5, 5.41) is 6.67. The number of amides is 2. The lowest BCUT2D eigenvalue weighted by molar-refractivity contribution is -0.121. The number of benzene rings is 2. The summed E-state index contributed by atoms with van der Waals surface area (Å²) in [5.74, 6) is -0.0984. The van der Waals surface area contributed by atoms with Crippen LogP contribution in [0.5, 0.6) is 0 Å². The van der Waals surface area contributed by atoms with E-state index in [0.717, 1.165) is 21.8 Å². The summed E-state index contributed by atoms with van der Waals surface area (Å²) < 4.78 is 1.17. The summed E-state index contributed by atoms with van der Waals surface area (Å²) in [6, 6.07) is 14.1. The highest BCUT2D eigenvalue weighted by Crippen LogP contribution is 2.31. The summed E-state index contributed by atoms with van der Waals surface area (Å²) >= 11 is 1.67. The Labute approximate surface area is 169 Å². The van der Waals surface area contributed by atoms with E-state index in [1.165, 1.54) is 10.3 Å². The van der Waals surface area contributed by atoms with E-state index in [1.54, 1.807) is 11.3 Å². The fraction of sp³-hybridized carbons (Fsp3) is 0.318. The van der Waals surface area contributed by atoms with Gasteiger partial charge in [-0.15, -0.1) is 11.3 Å². The quantitative estimate of drug-likeness (QED) is 0.597. The number of thiazole rings is 1. The molecular weight excluding hydrogens is 370 g/mol. The molecule has 0 radical (unpaired) electrons. The molecule has 28 heavy (non-hydrogen) atoms. The van der Waals surface area contributed by atoms with Crippen LogP contribution in [0.1, 0.15) is 38.7 Å². The molecule has 0 saturated carbocycles. The Morgan fingerprint density at radius 3 is 2.46 bits per heavy atom.